The molecule has 0 amide bonds. The minimum atomic E-state index is -0.220. The number of alkyl halides is 1. The van der Waals surface area contributed by atoms with E-state index in [1.165, 1.54) is 25.1 Å². The molecule has 0 radical (unpaired) electrons. The van der Waals surface area contributed by atoms with E-state index >= 15 is 0 Å². The summed E-state index contributed by atoms with van der Waals surface area (Å²) in [6.07, 6.45) is 0. The molecule has 0 aliphatic rings. The van der Waals surface area contributed by atoms with Gasteiger partial charge in [0.15, 0.2) is 14.3 Å². The third-order valence-corrected chi connectivity index (χ3v) is 6.86. The molecule has 0 aliphatic carbocycles. The summed E-state index contributed by atoms with van der Waals surface area (Å²) >= 11 is 2.01. The number of rotatable bonds is 3. The number of carbonyl (C=O) groups is 1. The largest absolute Gasteiger partial charge is 0.426 e. The van der Waals surface area contributed by atoms with Gasteiger partial charge < -0.3 is 4.74 Å². The van der Waals surface area contributed by atoms with Gasteiger partial charge in [0.2, 0.25) is 0 Å². The predicted octanol–water partition coefficient (Wildman–Crippen LogP) is 6.07. The van der Waals surface area contributed by atoms with Crippen molar-refractivity contribution >= 4 is 59.2 Å². The van der Waals surface area contributed by atoms with E-state index in [9.17, 15) is 4.79 Å². The molecule has 0 fully saturated rings. The predicted molar refractivity (Wildman–Crippen MR) is 110 cm³/mol. The quantitative estimate of drug-likeness (QED) is 0.126. The van der Waals surface area contributed by atoms with Crippen molar-refractivity contribution in [2.24, 2.45) is 0 Å². The molecule has 2 nitrogen and oxygen atoms in total. The monoisotopic (exact) mass is 445 g/mol. The molecular weight excluding hydrogens is 431 g/mol. The minimum Gasteiger partial charge on any atom is -0.426 e. The number of carbonyl (C=O) groups excluding carboxylic acids is 1. The van der Waals surface area contributed by atoms with Crippen LogP contribution in [0.4, 0.5) is 0 Å². The van der Waals surface area contributed by atoms with Crippen molar-refractivity contribution in [1.29, 1.82) is 0 Å². The SMILES string of the molecule is O=C(CI)Oc1ccc(-[s+]2c3ccccc3c3ccccc32)cc1. The van der Waals surface area contributed by atoms with Gasteiger partial charge in [-0.3, -0.25) is 4.79 Å². The fourth-order valence-corrected chi connectivity index (χ4v) is 5.44. The number of halogens is 1. The number of hydrogen-bond acceptors (Lipinski definition) is 2. The van der Waals surface area contributed by atoms with E-state index in [0.29, 0.717) is 10.2 Å². The maximum Gasteiger partial charge on any atom is 0.321 e. The van der Waals surface area contributed by atoms with Gasteiger partial charge in [0.1, 0.15) is 5.75 Å². The van der Waals surface area contributed by atoms with Crippen LogP contribution in [0.1, 0.15) is 0 Å². The Balaban J connectivity index is 1.87. The average molecular weight is 445 g/mol. The van der Waals surface area contributed by atoms with Gasteiger partial charge in [0, 0.05) is 33.4 Å². The van der Waals surface area contributed by atoms with Crippen LogP contribution in [-0.2, 0) is 4.79 Å². The molecular formula is C20H14IO2S+. The Kier molecular flexibility index (Phi) is 4.24. The number of benzene rings is 3. The second kappa shape index (κ2) is 6.53. The highest BCUT2D eigenvalue weighted by Crippen LogP contribution is 2.48. The molecule has 0 aliphatic heterocycles. The Bertz CT molecular complexity index is 981. The van der Waals surface area contributed by atoms with Gasteiger partial charge in [-0.15, -0.1) is 0 Å². The summed E-state index contributed by atoms with van der Waals surface area (Å²) in [4.78, 5) is 12.7. The summed E-state index contributed by atoms with van der Waals surface area (Å²) in [6, 6.07) is 25.1. The van der Waals surface area contributed by atoms with Gasteiger partial charge in [-0.05, 0) is 36.4 Å². The summed E-state index contributed by atoms with van der Waals surface area (Å²) in [7, 11) is -0.105. The highest BCUT2D eigenvalue weighted by Gasteiger charge is 2.22. The first-order valence-electron chi connectivity index (χ1n) is 7.57. The molecule has 1 aromatic heterocycles. The maximum atomic E-state index is 11.4. The van der Waals surface area contributed by atoms with Crippen LogP contribution in [0.5, 0.6) is 5.75 Å². The van der Waals surface area contributed by atoms with Crippen LogP contribution in [0.2, 0.25) is 0 Å². The Morgan fingerprint density at radius 3 is 1.92 bits per heavy atom. The Hall–Kier alpha value is -1.92. The fraction of sp³-hybridized carbons (Fsp3) is 0.0500. The van der Waals surface area contributed by atoms with Crippen LogP contribution in [-0.4, -0.2) is 10.4 Å². The summed E-state index contributed by atoms with van der Waals surface area (Å²) in [5, 5.41) is 2.63. The molecule has 4 rings (SSSR count). The molecule has 4 heteroatoms. The lowest BCUT2D eigenvalue weighted by Crippen LogP contribution is -2.08. The van der Waals surface area contributed by atoms with Crippen LogP contribution >= 0.6 is 33.1 Å². The second-order valence-electron chi connectivity index (χ2n) is 5.38. The second-order valence-corrected chi connectivity index (χ2v) is 8.10. The molecule has 4 aromatic rings. The lowest BCUT2D eigenvalue weighted by Gasteiger charge is -2.01. The lowest BCUT2D eigenvalue weighted by molar-refractivity contribution is -0.131. The maximum absolute atomic E-state index is 11.4. The number of thiophene rings is 1. The highest BCUT2D eigenvalue weighted by molar-refractivity contribution is 14.1. The van der Waals surface area contributed by atoms with Crippen molar-refractivity contribution in [1.82, 2.24) is 0 Å². The molecule has 118 valence electrons. The van der Waals surface area contributed by atoms with Crippen molar-refractivity contribution < 1.29 is 9.53 Å². The molecule has 3 aromatic carbocycles. The zero-order valence-corrected chi connectivity index (χ0v) is 15.7. The van der Waals surface area contributed by atoms with E-state index in [-0.39, 0.29) is 16.4 Å². The standard InChI is InChI=1S/C20H14IO2S/c21-13-20(22)23-14-9-11-15(12-10-14)24-18-7-3-1-5-16(18)17-6-2-4-8-19(17)24/h1-12H,13H2/q+1. The van der Waals surface area contributed by atoms with Gasteiger partial charge in [-0.1, -0.05) is 46.9 Å². The summed E-state index contributed by atoms with van der Waals surface area (Å²) < 4.78 is 8.34. The first-order chi connectivity index (χ1) is 11.8. The van der Waals surface area contributed by atoms with E-state index in [1.807, 2.05) is 34.7 Å². The molecule has 0 N–H and O–H groups in total. The number of esters is 1. The Morgan fingerprint density at radius 2 is 1.38 bits per heavy atom. The van der Waals surface area contributed by atoms with E-state index in [1.54, 1.807) is 0 Å². The van der Waals surface area contributed by atoms with Crippen LogP contribution in [0.15, 0.2) is 72.8 Å². The van der Waals surface area contributed by atoms with Gasteiger partial charge in [0.05, 0.1) is 4.43 Å². The Labute approximate surface area is 156 Å². The van der Waals surface area contributed by atoms with Gasteiger partial charge >= 0.3 is 5.97 Å². The lowest BCUT2D eigenvalue weighted by atomic mass is 10.2. The number of hydrogen-bond donors (Lipinski definition) is 0. The van der Waals surface area contributed by atoms with E-state index in [2.05, 4.69) is 60.7 Å². The first kappa shape index (κ1) is 15.6. The van der Waals surface area contributed by atoms with E-state index in [0.717, 1.165) is 0 Å². The van der Waals surface area contributed by atoms with Crippen molar-refractivity contribution in [2.75, 3.05) is 4.43 Å². The number of ether oxygens (including phenoxy) is 1. The Morgan fingerprint density at radius 1 is 0.833 bits per heavy atom. The zero-order valence-electron chi connectivity index (χ0n) is 12.7. The minimum absolute atomic E-state index is 0.105. The van der Waals surface area contributed by atoms with Gasteiger partial charge in [-0.25, -0.2) is 0 Å². The average Bonchev–Trinajstić information content (AvgIpc) is 2.97. The van der Waals surface area contributed by atoms with Crippen molar-refractivity contribution in [3.8, 4) is 10.6 Å². The third-order valence-electron chi connectivity index (χ3n) is 3.90. The summed E-state index contributed by atoms with van der Waals surface area (Å²) in [6.45, 7) is 0. The van der Waals surface area contributed by atoms with Crippen LogP contribution in [0.3, 0.4) is 0 Å². The first-order valence-corrected chi connectivity index (χ1v) is 10.3. The third kappa shape index (κ3) is 2.70. The van der Waals surface area contributed by atoms with Crippen LogP contribution in [0.25, 0.3) is 25.1 Å². The highest BCUT2D eigenvalue weighted by atomic mass is 127. The van der Waals surface area contributed by atoms with Crippen LogP contribution < -0.4 is 4.74 Å². The molecule has 0 bridgehead atoms. The fourth-order valence-electron chi connectivity index (χ4n) is 2.91. The van der Waals surface area contributed by atoms with E-state index in [4.69, 9.17) is 4.74 Å². The molecule has 1 heterocycles. The van der Waals surface area contributed by atoms with Gasteiger partial charge in [-0.2, -0.15) is 0 Å². The zero-order chi connectivity index (χ0) is 16.5. The van der Waals surface area contributed by atoms with Crippen molar-refractivity contribution in [3.05, 3.63) is 72.8 Å². The molecule has 24 heavy (non-hydrogen) atoms. The molecule has 0 atom stereocenters. The van der Waals surface area contributed by atoms with Crippen molar-refractivity contribution in [2.45, 2.75) is 0 Å². The van der Waals surface area contributed by atoms with E-state index < -0.39 is 0 Å². The van der Waals surface area contributed by atoms with Crippen molar-refractivity contribution in [3.63, 3.8) is 0 Å². The molecule has 0 unspecified atom stereocenters. The van der Waals surface area contributed by atoms with Crippen LogP contribution in [0, 0.1) is 0 Å². The molecule has 0 spiro atoms. The summed E-state index contributed by atoms with van der Waals surface area (Å²) in [5.41, 5.74) is 0. The normalized spacial score (nSPS) is 11.0. The smallest absolute Gasteiger partial charge is 0.321 e. The van der Waals surface area contributed by atoms with Gasteiger partial charge in [0.25, 0.3) is 0 Å². The molecule has 0 saturated heterocycles. The molecule has 0 saturated carbocycles. The number of fused-ring (bicyclic) bond motifs is 3. The summed E-state index contributed by atoms with van der Waals surface area (Å²) in [5.74, 6) is 0.382. The topological polar surface area (TPSA) is 26.3 Å².